The fraction of sp³-hybridized carbons (Fsp3) is 0.600. The number of hydrogen-bond donors (Lipinski definition) is 1. The first kappa shape index (κ1) is 12.4. The lowest BCUT2D eigenvalue weighted by Crippen LogP contribution is -2.39. The van der Waals surface area contributed by atoms with Crippen LogP contribution in [-0.2, 0) is 0 Å². The van der Waals surface area contributed by atoms with Crippen molar-refractivity contribution in [3.63, 3.8) is 0 Å². The lowest BCUT2D eigenvalue weighted by molar-refractivity contribution is 0.522. The molecule has 1 aliphatic heterocycles. The Balaban J connectivity index is 2.18. The van der Waals surface area contributed by atoms with Gasteiger partial charge in [-0.15, -0.1) is 0 Å². The topological polar surface area (TPSA) is 15.3 Å². The summed E-state index contributed by atoms with van der Waals surface area (Å²) < 4.78 is 0. The molecule has 2 heteroatoms. The SMILES string of the molecule is CNCCC(C)N1CCC(C)c2ccccc21. The molecule has 0 bridgehead atoms. The summed E-state index contributed by atoms with van der Waals surface area (Å²) in [6.45, 7) is 6.97. The summed E-state index contributed by atoms with van der Waals surface area (Å²) in [6.07, 6.45) is 2.49. The van der Waals surface area contributed by atoms with Crippen LogP contribution in [0.15, 0.2) is 24.3 Å². The standard InChI is InChI=1S/C15H24N2/c1-12-9-11-17(13(2)8-10-16-3)15-7-5-4-6-14(12)15/h4-7,12-13,16H,8-11H2,1-3H3. The molecule has 1 N–H and O–H groups in total. The van der Waals surface area contributed by atoms with Crippen LogP contribution in [0.2, 0.25) is 0 Å². The molecule has 1 aromatic rings. The van der Waals surface area contributed by atoms with Crippen molar-refractivity contribution in [3.05, 3.63) is 29.8 Å². The highest BCUT2D eigenvalue weighted by atomic mass is 15.2. The molecule has 2 rings (SSSR count). The molecule has 0 radical (unpaired) electrons. The number of nitrogens with one attached hydrogen (secondary N) is 1. The van der Waals surface area contributed by atoms with E-state index >= 15 is 0 Å². The predicted octanol–water partition coefficient (Wildman–Crippen LogP) is 3.00. The van der Waals surface area contributed by atoms with E-state index in [4.69, 9.17) is 0 Å². The number of hydrogen-bond acceptors (Lipinski definition) is 2. The average Bonchev–Trinajstić information content (AvgIpc) is 2.37. The monoisotopic (exact) mass is 232 g/mol. The Labute approximate surface area is 105 Å². The highest BCUT2D eigenvalue weighted by Crippen LogP contribution is 2.35. The van der Waals surface area contributed by atoms with E-state index in [2.05, 4.69) is 48.3 Å². The molecule has 1 aromatic carbocycles. The summed E-state index contributed by atoms with van der Waals surface area (Å²) in [4.78, 5) is 2.58. The summed E-state index contributed by atoms with van der Waals surface area (Å²) in [5.41, 5.74) is 2.98. The maximum atomic E-state index is 3.24. The molecular formula is C15H24N2. The fourth-order valence-corrected chi connectivity index (χ4v) is 2.74. The van der Waals surface area contributed by atoms with Crippen LogP contribution in [0.4, 0.5) is 5.69 Å². The number of para-hydroxylation sites is 1. The van der Waals surface area contributed by atoms with Gasteiger partial charge in [0, 0.05) is 18.3 Å². The molecule has 0 aromatic heterocycles. The molecule has 0 aliphatic carbocycles. The highest BCUT2D eigenvalue weighted by Gasteiger charge is 2.24. The molecule has 2 unspecified atom stereocenters. The second kappa shape index (κ2) is 5.54. The van der Waals surface area contributed by atoms with E-state index in [-0.39, 0.29) is 0 Å². The van der Waals surface area contributed by atoms with Gasteiger partial charge in [-0.3, -0.25) is 0 Å². The zero-order valence-corrected chi connectivity index (χ0v) is 11.2. The van der Waals surface area contributed by atoms with Gasteiger partial charge in [0.25, 0.3) is 0 Å². The van der Waals surface area contributed by atoms with Crippen molar-refractivity contribution in [3.8, 4) is 0 Å². The van der Waals surface area contributed by atoms with Crippen molar-refractivity contribution in [2.24, 2.45) is 0 Å². The van der Waals surface area contributed by atoms with Gasteiger partial charge >= 0.3 is 0 Å². The van der Waals surface area contributed by atoms with Gasteiger partial charge < -0.3 is 10.2 Å². The lowest BCUT2D eigenvalue weighted by Gasteiger charge is -2.38. The number of nitrogens with zero attached hydrogens (tertiary/aromatic N) is 1. The van der Waals surface area contributed by atoms with Crippen LogP contribution >= 0.6 is 0 Å². The highest BCUT2D eigenvalue weighted by molar-refractivity contribution is 5.57. The minimum absolute atomic E-state index is 0.621. The molecular weight excluding hydrogens is 208 g/mol. The quantitative estimate of drug-likeness (QED) is 0.858. The lowest BCUT2D eigenvalue weighted by atomic mass is 9.90. The van der Waals surface area contributed by atoms with Crippen LogP contribution < -0.4 is 10.2 Å². The molecule has 1 aliphatic rings. The van der Waals surface area contributed by atoms with E-state index in [0.29, 0.717) is 12.0 Å². The Bertz CT molecular complexity index is 362. The van der Waals surface area contributed by atoms with Crippen LogP contribution in [-0.4, -0.2) is 26.2 Å². The van der Waals surface area contributed by atoms with Crippen molar-refractivity contribution in [1.82, 2.24) is 5.32 Å². The summed E-state index contributed by atoms with van der Waals surface area (Å²) in [7, 11) is 2.03. The van der Waals surface area contributed by atoms with Gasteiger partial charge in [0.2, 0.25) is 0 Å². The van der Waals surface area contributed by atoms with Crippen molar-refractivity contribution >= 4 is 5.69 Å². The first-order valence-electron chi connectivity index (χ1n) is 6.74. The van der Waals surface area contributed by atoms with E-state index in [1.807, 2.05) is 7.05 Å². The van der Waals surface area contributed by atoms with Crippen LogP contribution in [0.3, 0.4) is 0 Å². The number of fused-ring (bicyclic) bond motifs is 1. The van der Waals surface area contributed by atoms with Crippen molar-refractivity contribution in [2.45, 2.75) is 38.6 Å². The largest absolute Gasteiger partial charge is 0.369 e. The second-order valence-corrected chi connectivity index (χ2v) is 5.18. The van der Waals surface area contributed by atoms with Crippen LogP contribution in [0, 0.1) is 0 Å². The molecule has 94 valence electrons. The number of anilines is 1. The van der Waals surface area contributed by atoms with E-state index in [1.165, 1.54) is 30.6 Å². The van der Waals surface area contributed by atoms with Crippen LogP contribution in [0.1, 0.15) is 38.2 Å². The smallest absolute Gasteiger partial charge is 0.0403 e. The zero-order valence-electron chi connectivity index (χ0n) is 11.2. The number of benzene rings is 1. The molecule has 0 spiro atoms. The van der Waals surface area contributed by atoms with Crippen LogP contribution in [0.25, 0.3) is 0 Å². The van der Waals surface area contributed by atoms with E-state index in [1.54, 1.807) is 0 Å². The van der Waals surface area contributed by atoms with Gasteiger partial charge in [-0.2, -0.15) is 0 Å². The minimum atomic E-state index is 0.621. The normalized spacial score (nSPS) is 21.1. The molecule has 0 amide bonds. The third kappa shape index (κ3) is 2.63. The Morgan fingerprint density at radius 3 is 2.94 bits per heavy atom. The third-order valence-electron chi connectivity index (χ3n) is 3.92. The Morgan fingerprint density at radius 1 is 1.41 bits per heavy atom. The molecule has 0 saturated heterocycles. The van der Waals surface area contributed by atoms with Crippen LogP contribution in [0.5, 0.6) is 0 Å². The summed E-state index contributed by atoms with van der Waals surface area (Å²) in [5.74, 6) is 0.707. The first-order chi connectivity index (χ1) is 8.24. The molecule has 17 heavy (non-hydrogen) atoms. The van der Waals surface area contributed by atoms with E-state index in [9.17, 15) is 0 Å². The number of rotatable bonds is 4. The Morgan fingerprint density at radius 2 is 2.18 bits per heavy atom. The molecule has 2 nitrogen and oxygen atoms in total. The van der Waals surface area contributed by atoms with Gasteiger partial charge in [0.15, 0.2) is 0 Å². The average molecular weight is 232 g/mol. The van der Waals surface area contributed by atoms with Gasteiger partial charge in [-0.25, -0.2) is 0 Å². The summed E-state index contributed by atoms with van der Waals surface area (Å²) >= 11 is 0. The molecule has 0 fully saturated rings. The second-order valence-electron chi connectivity index (χ2n) is 5.18. The van der Waals surface area contributed by atoms with Crippen molar-refractivity contribution < 1.29 is 0 Å². The molecule has 0 saturated carbocycles. The fourth-order valence-electron chi connectivity index (χ4n) is 2.74. The Kier molecular flexibility index (Phi) is 4.06. The maximum Gasteiger partial charge on any atom is 0.0403 e. The third-order valence-corrected chi connectivity index (χ3v) is 3.92. The van der Waals surface area contributed by atoms with Gasteiger partial charge in [-0.1, -0.05) is 25.1 Å². The predicted molar refractivity (Wildman–Crippen MR) is 74.8 cm³/mol. The Hall–Kier alpha value is -1.02. The van der Waals surface area contributed by atoms with E-state index in [0.717, 1.165) is 6.54 Å². The van der Waals surface area contributed by atoms with Gasteiger partial charge in [-0.05, 0) is 50.9 Å². The maximum absolute atomic E-state index is 3.24. The van der Waals surface area contributed by atoms with E-state index < -0.39 is 0 Å². The minimum Gasteiger partial charge on any atom is -0.369 e. The van der Waals surface area contributed by atoms with Crippen molar-refractivity contribution in [1.29, 1.82) is 0 Å². The summed E-state index contributed by atoms with van der Waals surface area (Å²) in [5, 5.41) is 3.24. The van der Waals surface area contributed by atoms with Gasteiger partial charge in [0.1, 0.15) is 0 Å². The summed E-state index contributed by atoms with van der Waals surface area (Å²) in [6, 6.07) is 9.51. The van der Waals surface area contributed by atoms with Crippen molar-refractivity contribution in [2.75, 3.05) is 25.0 Å². The first-order valence-corrected chi connectivity index (χ1v) is 6.74. The molecule has 1 heterocycles. The van der Waals surface area contributed by atoms with Gasteiger partial charge in [0.05, 0.1) is 0 Å². The molecule has 2 atom stereocenters. The zero-order chi connectivity index (χ0) is 12.3.